The van der Waals surface area contributed by atoms with E-state index in [1.807, 2.05) is 28.9 Å². The molecule has 0 amide bonds. The summed E-state index contributed by atoms with van der Waals surface area (Å²) in [4.78, 5) is 0. The predicted molar refractivity (Wildman–Crippen MR) is 84.9 cm³/mol. The molecule has 3 N–H and O–H groups in total. The van der Waals surface area contributed by atoms with Gasteiger partial charge in [0.05, 0.1) is 17.3 Å². The van der Waals surface area contributed by atoms with E-state index in [4.69, 9.17) is 5.73 Å². The molecule has 0 spiro atoms. The molecule has 0 radical (unpaired) electrons. The fourth-order valence-corrected chi connectivity index (χ4v) is 2.61. The minimum absolute atomic E-state index is 0.497. The third-order valence-corrected chi connectivity index (χ3v) is 3.74. The van der Waals surface area contributed by atoms with Crippen LogP contribution in [-0.4, -0.2) is 14.9 Å². The van der Waals surface area contributed by atoms with Crippen LogP contribution in [0.2, 0.25) is 0 Å². The van der Waals surface area contributed by atoms with Gasteiger partial charge in [-0.15, -0.1) is 0 Å². The maximum atomic E-state index is 10.4. The Hall–Kier alpha value is -2.33. The first-order valence-electron chi connectivity index (χ1n) is 7.17. The van der Waals surface area contributed by atoms with Gasteiger partial charge in [0.25, 0.3) is 0 Å². The molecule has 4 nitrogen and oxygen atoms in total. The van der Waals surface area contributed by atoms with Gasteiger partial charge in [-0.3, -0.25) is 4.68 Å². The first kappa shape index (κ1) is 13.6. The van der Waals surface area contributed by atoms with E-state index >= 15 is 0 Å². The van der Waals surface area contributed by atoms with E-state index in [0.29, 0.717) is 12.1 Å². The maximum absolute atomic E-state index is 10.4. The highest BCUT2D eigenvalue weighted by Crippen LogP contribution is 2.24. The third kappa shape index (κ3) is 2.62. The highest BCUT2D eigenvalue weighted by Gasteiger charge is 2.15. The Morgan fingerprint density at radius 1 is 1.14 bits per heavy atom. The van der Waals surface area contributed by atoms with E-state index in [1.165, 1.54) is 0 Å². The Balaban J connectivity index is 1.92. The van der Waals surface area contributed by atoms with Crippen molar-refractivity contribution in [2.45, 2.75) is 26.0 Å². The molecule has 0 aliphatic rings. The zero-order chi connectivity index (χ0) is 14.8. The molecule has 0 fully saturated rings. The number of rotatable bonds is 4. The lowest BCUT2D eigenvalue weighted by Gasteiger charge is -2.10. The number of fused-ring (bicyclic) bond motifs is 1. The molecule has 1 aromatic heterocycles. The van der Waals surface area contributed by atoms with Crippen LogP contribution in [0, 0.1) is 0 Å². The number of benzene rings is 2. The molecule has 1 heterocycles. The van der Waals surface area contributed by atoms with Gasteiger partial charge in [0, 0.05) is 24.0 Å². The molecule has 3 rings (SSSR count). The lowest BCUT2D eigenvalue weighted by atomic mass is 10.0. The third-order valence-electron chi connectivity index (χ3n) is 3.74. The number of hydrogen-bond acceptors (Lipinski definition) is 3. The Kier molecular flexibility index (Phi) is 3.62. The largest absolute Gasteiger partial charge is 0.399 e. The summed E-state index contributed by atoms with van der Waals surface area (Å²) >= 11 is 0. The number of hydrogen-bond donors (Lipinski definition) is 2. The van der Waals surface area contributed by atoms with E-state index in [2.05, 4.69) is 24.2 Å². The molecule has 21 heavy (non-hydrogen) atoms. The molecule has 2 aromatic carbocycles. The number of para-hydroxylation sites is 1. The Morgan fingerprint density at radius 2 is 1.86 bits per heavy atom. The zero-order valence-corrected chi connectivity index (χ0v) is 12.0. The minimum atomic E-state index is -0.575. The van der Waals surface area contributed by atoms with Crippen LogP contribution in [0.4, 0.5) is 5.69 Å². The Labute approximate surface area is 123 Å². The zero-order valence-electron chi connectivity index (χ0n) is 12.0. The Morgan fingerprint density at radius 3 is 2.57 bits per heavy atom. The van der Waals surface area contributed by atoms with Crippen molar-refractivity contribution < 1.29 is 5.11 Å². The minimum Gasteiger partial charge on any atom is -0.399 e. The number of nitrogen functional groups attached to an aromatic ring is 1. The molecular weight excluding hydrogens is 262 g/mol. The van der Waals surface area contributed by atoms with Gasteiger partial charge in [0.15, 0.2) is 0 Å². The van der Waals surface area contributed by atoms with Gasteiger partial charge < -0.3 is 10.8 Å². The monoisotopic (exact) mass is 281 g/mol. The van der Waals surface area contributed by atoms with Gasteiger partial charge in [-0.05, 0) is 30.7 Å². The van der Waals surface area contributed by atoms with E-state index in [9.17, 15) is 5.11 Å². The van der Waals surface area contributed by atoms with E-state index < -0.39 is 6.10 Å². The van der Waals surface area contributed by atoms with Crippen LogP contribution in [0.1, 0.15) is 24.3 Å². The second kappa shape index (κ2) is 5.58. The second-order valence-corrected chi connectivity index (χ2v) is 5.17. The molecule has 0 saturated carbocycles. The first-order valence-corrected chi connectivity index (χ1v) is 7.17. The molecule has 1 unspecified atom stereocenters. The fourth-order valence-electron chi connectivity index (χ4n) is 2.61. The maximum Gasteiger partial charge on any atom is 0.0846 e. The molecule has 0 saturated heterocycles. The molecule has 1 atom stereocenters. The number of aryl methyl sites for hydroxylation is 1. The summed E-state index contributed by atoms with van der Waals surface area (Å²) in [5.41, 5.74) is 9.28. The molecule has 0 bridgehead atoms. The highest BCUT2D eigenvalue weighted by molar-refractivity contribution is 5.82. The average molecular weight is 281 g/mol. The summed E-state index contributed by atoms with van der Waals surface area (Å²) in [6, 6.07) is 15.5. The van der Waals surface area contributed by atoms with Gasteiger partial charge >= 0.3 is 0 Å². The van der Waals surface area contributed by atoms with Crippen LogP contribution >= 0.6 is 0 Å². The molecular formula is C17H19N3O. The normalized spacial score (nSPS) is 12.7. The molecule has 108 valence electrons. The van der Waals surface area contributed by atoms with Gasteiger partial charge in [-0.2, -0.15) is 5.10 Å². The van der Waals surface area contributed by atoms with Crippen molar-refractivity contribution in [3.63, 3.8) is 0 Å². The van der Waals surface area contributed by atoms with Crippen molar-refractivity contribution in [2.24, 2.45) is 0 Å². The van der Waals surface area contributed by atoms with E-state index in [-0.39, 0.29) is 0 Å². The second-order valence-electron chi connectivity index (χ2n) is 5.17. The number of aromatic nitrogens is 2. The van der Waals surface area contributed by atoms with Crippen LogP contribution in [0.25, 0.3) is 10.9 Å². The van der Waals surface area contributed by atoms with Crippen molar-refractivity contribution in [3.05, 3.63) is 59.8 Å². The average Bonchev–Trinajstić information content (AvgIpc) is 2.86. The number of aliphatic hydroxyl groups is 1. The Bertz CT molecular complexity index is 746. The lowest BCUT2D eigenvalue weighted by Crippen LogP contribution is -2.04. The molecule has 4 heteroatoms. The van der Waals surface area contributed by atoms with Crippen LogP contribution in [0.5, 0.6) is 0 Å². The van der Waals surface area contributed by atoms with Crippen molar-refractivity contribution >= 4 is 16.6 Å². The molecule has 3 aromatic rings. The molecule has 0 aliphatic heterocycles. The number of nitrogens with two attached hydrogens (primary N) is 1. The number of anilines is 1. The molecule has 0 aliphatic carbocycles. The van der Waals surface area contributed by atoms with Gasteiger partial charge in [-0.25, -0.2) is 0 Å². The summed E-state index contributed by atoms with van der Waals surface area (Å²) in [5, 5.41) is 16.1. The fraction of sp³-hybridized carbons (Fsp3) is 0.235. The van der Waals surface area contributed by atoms with Crippen molar-refractivity contribution in [1.82, 2.24) is 9.78 Å². The van der Waals surface area contributed by atoms with Gasteiger partial charge in [0.2, 0.25) is 0 Å². The highest BCUT2D eigenvalue weighted by atomic mass is 16.3. The van der Waals surface area contributed by atoms with Crippen LogP contribution < -0.4 is 5.73 Å². The predicted octanol–water partition coefficient (Wildman–Crippen LogP) is 2.91. The number of nitrogens with zero attached hydrogens (tertiary/aromatic N) is 2. The smallest absolute Gasteiger partial charge is 0.0846 e. The van der Waals surface area contributed by atoms with E-state index in [1.54, 1.807) is 12.1 Å². The van der Waals surface area contributed by atoms with Gasteiger partial charge in [-0.1, -0.05) is 30.3 Å². The SMILES string of the molecule is CCn1nc(CC(O)c2ccc(N)cc2)c2ccccc21. The summed E-state index contributed by atoms with van der Waals surface area (Å²) < 4.78 is 1.97. The van der Waals surface area contributed by atoms with Crippen molar-refractivity contribution in [2.75, 3.05) is 5.73 Å². The van der Waals surface area contributed by atoms with Crippen LogP contribution in [-0.2, 0) is 13.0 Å². The summed E-state index contributed by atoms with van der Waals surface area (Å²) in [5.74, 6) is 0. The summed E-state index contributed by atoms with van der Waals surface area (Å²) in [6.45, 7) is 2.89. The standard InChI is InChI=1S/C17H19N3O/c1-2-20-16-6-4-3-5-14(16)15(19-20)11-17(21)12-7-9-13(18)10-8-12/h3-10,17,21H,2,11,18H2,1H3. The number of aliphatic hydroxyl groups excluding tert-OH is 1. The quantitative estimate of drug-likeness (QED) is 0.723. The topological polar surface area (TPSA) is 64.1 Å². The lowest BCUT2D eigenvalue weighted by molar-refractivity contribution is 0.177. The first-order chi connectivity index (χ1) is 10.2. The van der Waals surface area contributed by atoms with Crippen molar-refractivity contribution in [1.29, 1.82) is 0 Å². The van der Waals surface area contributed by atoms with Crippen LogP contribution in [0.3, 0.4) is 0 Å². The summed E-state index contributed by atoms with van der Waals surface area (Å²) in [6.07, 6.45) is -0.0774. The summed E-state index contributed by atoms with van der Waals surface area (Å²) in [7, 11) is 0. The van der Waals surface area contributed by atoms with Crippen LogP contribution in [0.15, 0.2) is 48.5 Å². The van der Waals surface area contributed by atoms with Crippen molar-refractivity contribution in [3.8, 4) is 0 Å². The van der Waals surface area contributed by atoms with E-state index in [0.717, 1.165) is 28.7 Å². The van der Waals surface area contributed by atoms with Gasteiger partial charge in [0.1, 0.15) is 0 Å².